The standard InChI is InChI=1S/C17H15NO3/c1-11-14-9-8-13(20-2)10-15(14)21-16(11)17(19)18-12-6-4-3-5-7-12/h3-10H,1-2H3,(H,18,19). The first-order valence-electron chi connectivity index (χ1n) is 6.62. The summed E-state index contributed by atoms with van der Waals surface area (Å²) < 4.78 is 10.9. The van der Waals surface area contributed by atoms with Crippen LogP contribution in [-0.2, 0) is 0 Å². The molecule has 0 bridgehead atoms. The van der Waals surface area contributed by atoms with Gasteiger partial charge < -0.3 is 14.5 Å². The van der Waals surface area contributed by atoms with Gasteiger partial charge in [-0.05, 0) is 31.2 Å². The summed E-state index contributed by atoms with van der Waals surface area (Å²) in [6, 6.07) is 14.8. The molecule has 0 aliphatic rings. The summed E-state index contributed by atoms with van der Waals surface area (Å²) in [7, 11) is 1.60. The zero-order valence-corrected chi connectivity index (χ0v) is 11.8. The van der Waals surface area contributed by atoms with Crippen LogP contribution in [0, 0.1) is 6.92 Å². The second-order valence-electron chi connectivity index (χ2n) is 4.74. The molecule has 3 aromatic rings. The maximum Gasteiger partial charge on any atom is 0.291 e. The lowest BCUT2D eigenvalue weighted by Gasteiger charge is -2.02. The summed E-state index contributed by atoms with van der Waals surface area (Å²) in [5.41, 5.74) is 2.20. The summed E-state index contributed by atoms with van der Waals surface area (Å²) in [5, 5.41) is 3.74. The molecule has 0 radical (unpaired) electrons. The average Bonchev–Trinajstić information content (AvgIpc) is 2.85. The summed E-state index contributed by atoms with van der Waals surface area (Å²) in [5.74, 6) is 0.766. The Morgan fingerprint density at radius 3 is 2.62 bits per heavy atom. The number of ether oxygens (including phenoxy) is 1. The van der Waals surface area contributed by atoms with Gasteiger partial charge in [-0.15, -0.1) is 0 Å². The second-order valence-corrected chi connectivity index (χ2v) is 4.74. The summed E-state index contributed by atoms with van der Waals surface area (Å²) in [6.07, 6.45) is 0. The zero-order chi connectivity index (χ0) is 14.8. The van der Waals surface area contributed by atoms with Gasteiger partial charge in [0.15, 0.2) is 5.76 Å². The van der Waals surface area contributed by atoms with Crippen molar-refractivity contribution < 1.29 is 13.9 Å². The number of carbonyl (C=O) groups is 1. The molecule has 1 amide bonds. The number of hydrogen-bond donors (Lipinski definition) is 1. The lowest BCUT2D eigenvalue weighted by molar-refractivity contribution is 0.0998. The van der Waals surface area contributed by atoms with Gasteiger partial charge in [0.2, 0.25) is 0 Å². The van der Waals surface area contributed by atoms with E-state index >= 15 is 0 Å². The van der Waals surface area contributed by atoms with Crippen molar-refractivity contribution in [3.63, 3.8) is 0 Å². The zero-order valence-electron chi connectivity index (χ0n) is 11.8. The maximum atomic E-state index is 12.3. The average molecular weight is 281 g/mol. The molecule has 0 saturated carbocycles. The smallest absolute Gasteiger partial charge is 0.291 e. The fourth-order valence-corrected chi connectivity index (χ4v) is 2.26. The van der Waals surface area contributed by atoms with Gasteiger partial charge in [0.05, 0.1) is 7.11 Å². The van der Waals surface area contributed by atoms with Crippen LogP contribution in [0.1, 0.15) is 16.1 Å². The lowest BCUT2D eigenvalue weighted by Crippen LogP contribution is -2.11. The fourth-order valence-electron chi connectivity index (χ4n) is 2.26. The topological polar surface area (TPSA) is 51.5 Å². The van der Waals surface area contributed by atoms with Crippen LogP contribution in [-0.4, -0.2) is 13.0 Å². The predicted octanol–water partition coefficient (Wildman–Crippen LogP) is 4.00. The minimum Gasteiger partial charge on any atom is -0.497 e. The molecule has 4 heteroatoms. The predicted molar refractivity (Wildman–Crippen MR) is 81.9 cm³/mol. The fraction of sp³-hybridized carbons (Fsp3) is 0.118. The quantitative estimate of drug-likeness (QED) is 0.789. The molecular formula is C17H15NO3. The van der Waals surface area contributed by atoms with Gasteiger partial charge in [-0.1, -0.05) is 18.2 Å². The molecule has 4 nitrogen and oxygen atoms in total. The van der Waals surface area contributed by atoms with E-state index in [1.54, 1.807) is 13.2 Å². The molecule has 0 spiro atoms. The van der Waals surface area contributed by atoms with E-state index in [0.29, 0.717) is 17.1 Å². The number of rotatable bonds is 3. The van der Waals surface area contributed by atoms with Crippen molar-refractivity contribution in [1.82, 2.24) is 0 Å². The minimum atomic E-state index is -0.256. The van der Waals surface area contributed by atoms with Crippen LogP contribution in [0.15, 0.2) is 52.9 Å². The van der Waals surface area contributed by atoms with Gasteiger partial charge in [-0.25, -0.2) is 0 Å². The highest BCUT2D eigenvalue weighted by Gasteiger charge is 2.18. The number of nitrogens with one attached hydrogen (secondary N) is 1. The largest absolute Gasteiger partial charge is 0.497 e. The molecule has 0 aliphatic carbocycles. The highest BCUT2D eigenvalue weighted by atomic mass is 16.5. The first kappa shape index (κ1) is 13.2. The molecule has 0 atom stereocenters. The van der Waals surface area contributed by atoms with Gasteiger partial charge in [0, 0.05) is 22.7 Å². The molecule has 0 saturated heterocycles. The number of aryl methyl sites for hydroxylation is 1. The molecule has 106 valence electrons. The molecule has 2 aromatic carbocycles. The Morgan fingerprint density at radius 2 is 1.90 bits per heavy atom. The normalized spacial score (nSPS) is 10.6. The number of fused-ring (bicyclic) bond motifs is 1. The van der Waals surface area contributed by atoms with Crippen LogP contribution < -0.4 is 10.1 Å². The molecular weight excluding hydrogens is 266 g/mol. The Morgan fingerprint density at radius 1 is 1.14 bits per heavy atom. The number of methoxy groups -OCH3 is 1. The molecule has 1 heterocycles. The molecule has 0 unspecified atom stereocenters. The molecule has 0 aliphatic heterocycles. The van der Waals surface area contributed by atoms with Gasteiger partial charge in [-0.2, -0.15) is 0 Å². The molecule has 3 rings (SSSR count). The molecule has 21 heavy (non-hydrogen) atoms. The minimum absolute atomic E-state index is 0.256. The van der Waals surface area contributed by atoms with Gasteiger partial charge in [0.1, 0.15) is 11.3 Å². The number of carbonyl (C=O) groups excluding carboxylic acids is 1. The number of hydrogen-bond acceptors (Lipinski definition) is 3. The monoisotopic (exact) mass is 281 g/mol. The van der Waals surface area contributed by atoms with Crippen LogP contribution >= 0.6 is 0 Å². The van der Waals surface area contributed by atoms with Crippen molar-refractivity contribution >= 4 is 22.6 Å². The van der Waals surface area contributed by atoms with Crippen LogP contribution in [0.2, 0.25) is 0 Å². The van der Waals surface area contributed by atoms with Crippen molar-refractivity contribution in [3.05, 3.63) is 59.9 Å². The number of para-hydroxylation sites is 1. The van der Waals surface area contributed by atoms with E-state index < -0.39 is 0 Å². The summed E-state index contributed by atoms with van der Waals surface area (Å²) in [6.45, 7) is 1.87. The van der Waals surface area contributed by atoms with Gasteiger partial charge in [-0.3, -0.25) is 4.79 Å². The van der Waals surface area contributed by atoms with Gasteiger partial charge >= 0.3 is 0 Å². The van der Waals surface area contributed by atoms with Crippen molar-refractivity contribution in [2.24, 2.45) is 0 Å². The first-order valence-corrected chi connectivity index (χ1v) is 6.62. The summed E-state index contributed by atoms with van der Waals surface area (Å²) in [4.78, 5) is 12.3. The third-order valence-corrected chi connectivity index (χ3v) is 3.38. The van der Waals surface area contributed by atoms with Crippen molar-refractivity contribution in [2.45, 2.75) is 6.92 Å². The second kappa shape index (κ2) is 5.32. The third-order valence-electron chi connectivity index (χ3n) is 3.38. The van der Waals surface area contributed by atoms with Crippen LogP contribution in [0.5, 0.6) is 5.75 Å². The number of anilines is 1. The number of benzene rings is 2. The van der Waals surface area contributed by atoms with E-state index in [2.05, 4.69) is 5.32 Å². The van der Waals surface area contributed by atoms with E-state index in [0.717, 1.165) is 16.6 Å². The number of furan rings is 1. The lowest BCUT2D eigenvalue weighted by atomic mass is 10.1. The Balaban J connectivity index is 1.96. The van der Waals surface area contributed by atoms with Crippen molar-refractivity contribution in [3.8, 4) is 5.75 Å². The SMILES string of the molecule is COc1ccc2c(C)c(C(=O)Nc3ccccc3)oc2c1. The molecule has 1 N–H and O–H groups in total. The Labute approximate surface area is 122 Å². The Hall–Kier alpha value is -2.75. The maximum absolute atomic E-state index is 12.3. The van der Waals surface area contributed by atoms with E-state index in [1.165, 1.54) is 0 Å². The molecule has 1 aromatic heterocycles. The van der Waals surface area contributed by atoms with Crippen LogP contribution in [0.3, 0.4) is 0 Å². The highest BCUT2D eigenvalue weighted by molar-refractivity contribution is 6.06. The van der Waals surface area contributed by atoms with E-state index in [4.69, 9.17) is 9.15 Å². The number of amides is 1. The van der Waals surface area contributed by atoms with E-state index in [9.17, 15) is 4.79 Å². The van der Waals surface area contributed by atoms with Gasteiger partial charge in [0.25, 0.3) is 5.91 Å². The first-order chi connectivity index (χ1) is 10.2. The van der Waals surface area contributed by atoms with Crippen LogP contribution in [0.25, 0.3) is 11.0 Å². The molecule has 0 fully saturated rings. The third kappa shape index (κ3) is 2.48. The van der Waals surface area contributed by atoms with E-state index in [1.807, 2.05) is 49.4 Å². The van der Waals surface area contributed by atoms with Crippen molar-refractivity contribution in [2.75, 3.05) is 12.4 Å². The van der Waals surface area contributed by atoms with Crippen molar-refractivity contribution in [1.29, 1.82) is 0 Å². The summed E-state index contributed by atoms with van der Waals surface area (Å²) >= 11 is 0. The Bertz CT molecular complexity index is 790. The van der Waals surface area contributed by atoms with Crippen LogP contribution in [0.4, 0.5) is 5.69 Å². The Kier molecular flexibility index (Phi) is 3.36. The highest BCUT2D eigenvalue weighted by Crippen LogP contribution is 2.29. The van der Waals surface area contributed by atoms with E-state index in [-0.39, 0.29) is 5.91 Å².